The molecule has 0 aromatic heterocycles. The van der Waals surface area contributed by atoms with Gasteiger partial charge in [0.2, 0.25) is 0 Å². The lowest BCUT2D eigenvalue weighted by molar-refractivity contribution is -0.164. The first-order valence-electron chi connectivity index (χ1n) is 6.46. The maximum absolute atomic E-state index is 12.0. The smallest absolute Gasteiger partial charge is 0.309 e. The normalized spacial score (nSPS) is 43.2. The highest BCUT2D eigenvalue weighted by Gasteiger charge is 2.48. The van der Waals surface area contributed by atoms with E-state index in [0.717, 1.165) is 32.1 Å². The average molecular weight is 222 g/mol. The summed E-state index contributed by atoms with van der Waals surface area (Å²) in [5, 5.41) is 0. The van der Waals surface area contributed by atoms with Crippen LogP contribution in [0.1, 0.15) is 38.5 Å². The van der Waals surface area contributed by atoms with Crippen LogP contribution in [0.5, 0.6) is 0 Å². The fourth-order valence-electron chi connectivity index (χ4n) is 3.99. The van der Waals surface area contributed by atoms with E-state index in [1.165, 1.54) is 6.42 Å². The van der Waals surface area contributed by atoms with Crippen molar-refractivity contribution in [1.82, 2.24) is 0 Å². The van der Waals surface area contributed by atoms with Gasteiger partial charge in [-0.25, -0.2) is 0 Å². The number of carbonyl (C=O) groups excluding carboxylic acids is 2. The van der Waals surface area contributed by atoms with Crippen LogP contribution >= 0.6 is 0 Å². The van der Waals surface area contributed by atoms with Gasteiger partial charge < -0.3 is 4.74 Å². The van der Waals surface area contributed by atoms with Crippen LogP contribution in [0, 0.1) is 23.7 Å². The van der Waals surface area contributed by atoms with Crippen molar-refractivity contribution in [3.63, 3.8) is 0 Å². The molecule has 0 spiro atoms. The quantitative estimate of drug-likeness (QED) is 0.588. The fraction of sp³-hybridized carbons (Fsp3) is 0.846. The van der Waals surface area contributed by atoms with Gasteiger partial charge in [-0.2, -0.15) is 0 Å². The third kappa shape index (κ3) is 1.48. The van der Waals surface area contributed by atoms with Gasteiger partial charge in [-0.3, -0.25) is 9.59 Å². The van der Waals surface area contributed by atoms with Gasteiger partial charge in [-0.1, -0.05) is 0 Å². The van der Waals surface area contributed by atoms with Crippen molar-refractivity contribution in [1.29, 1.82) is 0 Å². The molecule has 0 radical (unpaired) electrons. The molecule has 0 aromatic carbocycles. The van der Waals surface area contributed by atoms with E-state index >= 15 is 0 Å². The molecule has 2 saturated carbocycles. The number of hydrogen-bond acceptors (Lipinski definition) is 3. The third-order valence-electron chi connectivity index (χ3n) is 4.70. The lowest BCUT2D eigenvalue weighted by Crippen LogP contribution is -2.47. The Bertz CT molecular complexity index is 323. The van der Waals surface area contributed by atoms with Crippen molar-refractivity contribution in [2.75, 3.05) is 6.61 Å². The van der Waals surface area contributed by atoms with Crippen LogP contribution in [0.2, 0.25) is 0 Å². The zero-order valence-electron chi connectivity index (χ0n) is 9.48. The minimum atomic E-state index is -0.0481. The summed E-state index contributed by atoms with van der Waals surface area (Å²) in [6, 6.07) is 0. The molecule has 1 saturated heterocycles. The topological polar surface area (TPSA) is 43.4 Å². The largest absolute Gasteiger partial charge is 0.465 e. The third-order valence-corrected chi connectivity index (χ3v) is 4.70. The maximum Gasteiger partial charge on any atom is 0.309 e. The highest BCUT2D eigenvalue weighted by Crippen LogP contribution is 2.47. The van der Waals surface area contributed by atoms with Crippen LogP contribution in [0.3, 0.4) is 0 Å². The molecule has 0 amide bonds. The van der Waals surface area contributed by atoms with Gasteiger partial charge >= 0.3 is 5.97 Å². The van der Waals surface area contributed by atoms with E-state index in [9.17, 15) is 9.59 Å². The van der Waals surface area contributed by atoms with Crippen molar-refractivity contribution in [2.24, 2.45) is 23.7 Å². The minimum Gasteiger partial charge on any atom is -0.465 e. The number of ether oxygens (including phenoxy) is 1. The van der Waals surface area contributed by atoms with Gasteiger partial charge in [0.05, 0.1) is 12.5 Å². The van der Waals surface area contributed by atoms with Crippen LogP contribution in [0.15, 0.2) is 0 Å². The molecular weight excluding hydrogens is 204 g/mol. The van der Waals surface area contributed by atoms with E-state index in [1.54, 1.807) is 0 Å². The zero-order valence-corrected chi connectivity index (χ0v) is 9.48. The first-order valence-corrected chi connectivity index (χ1v) is 6.46. The first kappa shape index (κ1) is 10.3. The summed E-state index contributed by atoms with van der Waals surface area (Å²) in [6.07, 6.45) is 5.88. The summed E-state index contributed by atoms with van der Waals surface area (Å²) in [6.45, 7) is 0.524. The summed E-state index contributed by atoms with van der Waals surface area (Å²) in [4.78, 5) is 23.7. The number of hydrogen-bond donors (Lipinski definition) is 0. The molecule has 3 aliphatic rings. The molecule has 0 aromatic rings. The van der Waals surface area contributed by atoms with Gasteiger partial charge in [0.25, 0.3) is 0 Å². The Kier molecular flexibility index (Phi) is 2.49. The van der Waals surface area contributed by atoms with Crippen LogP contribution < -0.4 is 0 Å². The second-order valence-electron chi connectivity index (χ2n) is 5.45. The molecule has 3 fully saturated rings. The SMILES string of the molecule is O=C1OCCC2C1CCC1CCCC(=O)C12. The second-order valence-corrected chi connectivity index (χ2v) is 5.45. The predicted octanol–water partition coefficient (Wildman–Crippen LogP) is 1.94. The zero-order chi connectivity index (χ0) is 11.1. The number of esters is 1. The maximum atomic E-state index is 12.0. The summed E-state index contributed by atoms with van der Waals surface area (Å²) in [7, 11) is 0. The fourth-order valence-corrected chi connectivity index (χ4v) is 3.99. The summed E-state index contributed by atoms with van der Waals surface area (Å²) in [5.74, 6) is 1.44. The van der Waals surface area contributed by atoms with Gasteiger partial charge in [-0.15, -0.1) is 0 Å². The minimum absolute atomic E-state index is 0.0250. The number of ketones is 1. The molecule has 0 N–H and O–H groups in total. The molecule has 3 nitrogen and oxygen atoms in total. The van der Waals surface area contributed by atoms with Crippen LogP contribution in [0.25, 0.3) is 0 Å². The monoisotopic (exact) mass is 222 g/mol. The molecule has 16 heavy (non-hydrogen) atoms. The van der Waals surface area contributed by atoms with Crippen LogP contribution in [-0.4, -0.2) is 18.4 Å². The number of fused-ring (bicyclic) bond motifs is 3. The Hall–Kier alpha value is -0.860. The summed E-state index contributed by atoms with van der Waals surface area (Å²) in [5.41, 5.74) is 0. The molecule has 4 unspecified atom stereocenters. The van der Waals surface area contributed by atoms with Crippen LogP contribution in [0.4, 0.5) is 0 Å². The van der Waals surface area contributed by atoms with Crippen molar-refractivity contribution in [3.05, 3.63) is 0 Å². The molecule has 1 aliphatic heterocycles. The number of Topliss-reactive ketones (excluding diaryl/α,β-unsaturated/α-hetero) is 1. The molecule has 1 heterocycles. The van der Waals surface area contributed by atoms with Crippen molar-refractivity contribution in [2.45, 2.75) is 38.5 Å². The Morgan fingerprint density at radius 2 is 1.94 bits per heavy atom. The Morgan fingerprint density at radius 1 is 1.06 bits per heavy atom. The predicted molar refractivity (Wildman–Crippen MR) is 57.6 cm³/mol. The van der Waals surface area contributed by atoms with E-state index in [1.807, 2.05) is 0 Å². The van der Waals surface area contributed by atoms with Gasteiger partial charge in [0, 0.05) is 12.3 Å². The molecule has 0 bridgehead atoms. The van der Waals surface area contributed by atoms with Crippen molar-refractivity contribution in [3.8, 4) is 0 Å². The first-order chi connectivity index (χ1) is 7.77. The van der Waals surface area contributed by atoms with Crippen molar-refractivity contribution >= 4 is 11.8 Å². The van der Waals surface area contributed by atoms with Gasteiger partial charge in [0.15, 0.2) is 0 Å². The molecule has 3 heteroatoms. The lowest BCUT2D eigenvalue weighted by Gasteiger charge is -2.45. The Balaban J connectivity index is 1.86. The van der Waals surface area contributed by atoms with Crippen LogP contribution in [-0.2, 0) is 14.3 Å². The lowest BCUT2D eigenvalue weighted by atomic mass is 9.60. The molecule has 4 atom stereocenters. The Labute approximate surface area is 95.5 Å². The number of carbonyl (C=O) groups is 2. The molecule has 3 rings (SSSR count). The number of cyclic esters (lactones) is 1. The van der Waals surface area contributed by atoms with E-state index in [-0.39, 0.29) is 17.8 Å². The average Bonchev–Trinajstić information content (AvgIpc) is 2.29. The molecular formula is C13H18O3. The number of rotatable bonds is 0. The van der Waals surface area contributed by atoms with Gasteiger partial charge in [0.1, 0.15) is 5.78 Å². The van der Waals surface area contributed by atoms with E-state index in [0.29, 0.717) is 24.2 Å². The molecule has 88 valence electrons. The van der Waals surface area contributed by atoms with Crippen molar-refractivity contribution < 1.29 is 14.3 Å². The van der Waals surface area contributed by atoms with E-state index in [2.05, 4.69) is 0 Å². The molecule has 2 aliphatic carbocycles. The van der Waals surface area contributed by atoms with E-state index < -0.39 is 0 Å². The summed E-state index contributed by atoms with van der Waals surface area (Å²) >= 11 is 0. The standard InChI is InChI=1S/C13H18O3/c14-11-3-1-2-8-4-5-10-9(12(8)11)6-7-16-13(10)15/h8-10,12H,1-7H2. The van der Waals surface area contributed by atoms with Gasteiger partial charge in [-0.05, 0) is 43.9 Å². The highest BCUT2D eigenvalue weighted by atomic mass is 16.5. The summed E-state index contributed by atoms with van der Waals surface area (Å²) < 4.78 is 5.11. The Morgan fingerprint density at radius 3 is 2.81 bits per heavy atom. The highest BCUT2D eigenvalue weighted by molar-refractivity contribution is 5.84. The van der Waals surface area contributed by atoms with E-state index in [4.69, 9.17) is 4.74 Å². The second kappa shape index (κ2) is 3.86.